The van der Waals surface area contributed by atoms with Crippen LogP contribution in [0.3, 0.4) is 0 Å². The molecule has 43 heavy (non-hydrogen) atoms. The maximum atomic E-state index is 15.2. The highest BCUT2D eigenvalue weighted by Gasteiger charge is 2.44. The number of rotatable bonds is 6. The van der Waals surface area contributed by atoms with E-state index in [1.807, 2.05) is 0 Å². The van der Waals surface area contributed by atoms with Crippen LogP contribution in [0.2, 0.25) is 18.1 Å². The fourth-order valence-electron chi connectivity index (χ4n) is 5.56. The van der Waals surface area contributed by atoms with Crippen LogP contribution in [-0.4, -0.2) is 50.7 Å². The first kappa shape index (κ1) is 30.0. The lowest BCUT2D eigenvalue weighted by molar-refractivity contribution is 0.0581. The van der Waals surface area contributed by atoms with Crippen molar-refractivity contribution in [3.8, 4) is 11.3 Å². The summed E-state index contributed by atoms with van der Waals surface area (Å²) in [4.78, 5) is 18.3. The lowest BCUT2D eigenvalue weighted by atomic mass is 9.89. The lowest BCUT2D eigenvalue weighted by Gasteiger charge is -2.45. The van der Waals surface area contributed by atoms with Crippen molar-refractivity contribution in [1.29, 1.82) is 0 Å². The molecule has 10 nitrogen and oxygen atoms in total. The zero-order valence-electron chi connectivity index (χ0n) is 25.1. The second-order valence-electron chi connectivity index (χ2n) is 12.8. The van der Waals surface area contributed by atoms with Crippen molar-refractivity contribution < 1.29 is 17.2 Å². The average Bonchev–Trinajstić information content (AvgIpc) is 3.49. The fraction of sp³-hybridized carbons (Fsp3) is 0.414. The molecule has 0 amide bonds. The molecule has 5 aromatic rings. The van der Waals surface area contributed by atoms with Gasteiger partial charge < -0.3 is 4.43 Å². The van der Waals surface area contributed by atoms with Gasteiger partial charge in [-0.2, -0.15) is 4.39 Å². The number of halogens is 2. The van der Waals surface area contributed by atoms with Gasteiger partial charge in [0.15, 0.2) is 14.0 Å². The average molecular weight is 690 g/mol. The minimum atomic E-state index is -4.26. The Bertz CT molecular complexity index is 2070. The fourth-order valence-corrected chi connectivity index (χ4v) is 9.32. The Morgan fingerprint density at radius 1 is 1.12 bits per heavy atom. The van der Waals surface area contributed by atoms with Gasteiger partial charge in [0.2, 0.25) is 5.95 Å². The number of hydrogen-bond acceptors (Lipinski definition) is 6. The van der Waals surface area contributed by atoms with Crippen molar-refractivity contribution in [3.05, 3.63) is 63.6 Å². The maximum absolute atomic E-state index is 15.2. The van der Waals surface area contributed by atoms with Crippen LogP contribution in [0.15, 0.2) is 56.9 Å². The Morgan fingerprint density at radius 2 is 1.77 bits per heavy atom. The van der Waals surface area contributed by atoms with Crippen molar-refractivity contribution in [2.24, 2.45) is 14.1 Å². The van der Waals surface area contributed by atoms with Gasteiger partial charge in [-0.25, -0.2) is 22.2 Å². The first-order valence-electron chi connectivity index (χ1n) is 14.0. The third-order valence-electron chi connectivity index (χ3n) is 8.95. The molecule has 0 atom stereocenters. The minimum Gasteiger partial charge on any atom is -0.414 e. The predicted molar refractivity (Wildman–Crippen MR) is 170 cm³/mol. The van der Waals surface area contributed by atoms with Gasteiger partial charge in [-0.15, -0.1) is 5.10 Å². The molecule has 1 aromatic carbocycles. The van der Waals surface area contributed by atoms with Gasteiger partial charge in [0, 0.05) is 32.4 Å². The van der Waals surface area contributed by atoms with E-state index in [9.17, 15) is 13.2 Å². The number of hydrogen-bond donors (Lipinski definition) is 0. The van der Waals surface area contributed by atoms with Crippen LogP contribution in [0.1, 0.15) is 39.7 Å². The molecule has 0 N–H and O–H groups in total. The molecule has 0 bridgehead atoms. The Labute approximate surface area is 258 Å². The summed E-state index contributed by atoms with van der Waals surface area (Å²) < 4.78 is 56.1. The van der Waals surface area contributed by atoms with E-state index in [-0.39, 0.29) is 44.7 Å². The minimum absolute atomic E-state index is 0.0157. The summed E-state index contributed by atoms with van der Waals surface area (Å²) in [6.07, 6.45) is 4.26. The molecule has 0 spiro atoms. The van der Waals surface area contributed by atoms with Gasteiger partial charge in [0.25, 0.3) is 10.0 Å². The SMILES string of the molecule is Cn1cc(-c2c(Br)c3c(ncc4c3n(C3CC(O[Si](C)(C)C(C)(C)C)C3)c(=O)n4C)n2S(=O)(=O)c2ccccc2)c(F)n1. The second-order valence-corrected chi connectivity index (χ2v) is 20.1. The van der Waals surface area contributed by atoms with Crippen LogP contribution < -0.4 is 5.69 Å². The van der Waals surface area contributed by atoms with Gasteiger partial charge in [0.05, 0.1) is 43.2 Å². The van der Waals surface area contributed by atoms with Gasteiger partial charge >= 0.3 is 5.69 Å². The van der Waals surface area contributed by atoms with Crippen molar-refractivity contribution in [1.82, 2.24) is 27.9 Å². The zero-order valence-corrected chi connectivity index (χ0v) is 28.5. The quantitative estimate of drug-likeness (QED) is 0.204. The number of pyridine rings is 1. The third-order valence-corrected chi connectivity index (χ3v) is 16.0. The molecule has 1 aliphatic rings. The number of aryl methyl sites for hydroxylation is 2. The molecule has 6 rings (SSSR count). The second kappa shape index (κ2) is 9.97. The van der Waals surface area contributed by atoms with E-state index < -0.39 is 24.3 Å². The molecule has 1 saturated carbocycles. The topological polar surface area (TPSA) is 106 Å². The van der Waals surface area contributed by atoms with Crippen molar-refractivity contribution >= 4 is 56.3 Å². The normalized spacial score (nSPS) is 18.1. The van der Waals surface area contributed by atoms with E-state index in [0.717, 1.165) is 3.97 Å². The molecule has 1 aliphatic carbocycles. The van der Waals surface area contributed by atoms with E-state index in [1.165, 1.54) is 33.8 Å². The maximum Gasteiger partial charge on any atom is 0.329 e. The summed E-state index contributed by atoms with van der Waals surface area (Å²) in [5.41, 5.74) is 0.942. The van der Waals surface area contributed by atoms with E-state index in [0.29, 0.717) is 33.7 Å². The summed E-state index contributed by atoms with van der Waals surface area (Å²) in [6, 6.07) is 7.76. The molecule has 0 saturated heterocycles. The number of fused-ring (bicyclic) bond motifs is 3. The molecule has 14 heteroatoms. The lowest BCUT2D eigenvalue weighted by Crippen LogP contribution is -2.48. The summed E-state index contributed by atoms with van der Waals surface area (Å²) in [6.45, 7) is 11.0. The van der Waals surface area contributed by atoms with Gasteiger partial charge in [-0.05, 0) is 59.0 Å². The Balaban J connectivity index is 1.60. The smallest absolute Gasteiger partial charge is 0.329 e. The summed E-state index contributed by atoms with van der Waals surface area (Å²) in [7, 11) is -3.03. The van der Waals surface area contributed by atoms with Crippen LogP contribution in [0.25, 0.3) is 33.3 Å². The highest BCUT2D eigenvalue weighted by molar-refractivity contribution is 9.10. The Kier molecular flexibility index (Phi) is 6.95. The monoisotopic (exact) mass is 688 g/mol. The zero-order chi connectivity index (χ0) is 31.2. The number of imidazole rings is 1. The summed E-state index contributed by atoms with van der Waals surface area (Å²) in [5, 5.41) is 4.29. The Morgan fingerprint density at radius 3 is 2.35 bits per heavy atom. The van der Waals surface area contributed by atoms with Gasteiger partial charge in [-0.1, -0.05) is 39.0 Å². The third kappa shape index (κ3) is 4.56. The molecule has 4 aromatic heterocycles. The molecule has 228 valence electrons. The summed E-state index contributed by atoms with van der Waals surface area (Å²) >= 11 is 3.63. The van der Waals surface area contributed by atoms with Crippen LogP contribution >= 0.6 is 15.9 Å². The van der Waals surface area contributed by atoms with Crippen molar-refractivity contribution in [2.75, 3.05) is 0 Å². The largest absolute Gasteiger partial charge is 0.414 e. The van der Waals surface area contributed by atoms with Crippen molar-refractivity contribution in [2.45, 2.75) is 68.8 Å². The molecular formula is C29H34BrFN6O4SSi. The van der Waals surface area contributed by atoms with Crippen LogP contribution in [0.5, 0.6) is 0 Å². The first-order chi connectivity index (χ1) is 20.0. The number of aromatic nitrogens is 6. The molecule has 0 radical (unpaired) electrons. The predicted octanol–water partition coefficient (Wildman–Crippen LogP) is 5.95. The van der Waals surface area contributed by atoms with E-state index >= 15 is 4.39 Å². The first-order valence-corrected chi connectivity index (χ1v) is 19.2. The van der Waals surface area contributed by atoms with Crippen LogP contribution in [0.4, 0.5) is 4.39 Å². The molecular weight excluding hydrogens is 655 g/mol. The highest BCUT2D eigenvalue weighted by Crippen LogP contribution is 2.46. The van der Waals surface area contributed by atoms with E-state index in [2.05, 4.69) is 59.9 Å². The van der Waals surface area contributed by atoms with Gasteiger partial charge in [0.1, 0.15) is 0 Å². The van der Waals surface area contributed by atoms with Crippen LogP contribution in [-0.2, 0) is 28.5 Å². The van der Waals surface area contributed by atoms with Crippen molar-refractivity contribution in [3.63, 3.8) is 0 Å². The number of benzene rings is 1. The molecule has 0 unspecified atom stereocenters. The Hall–Kier alpha value is -3.07. The van der Waals surface area contributed by atoms with Gasteiger partial charge in [-0.3, -0.25) is 13.8 Å². The molecule has 0 aliphatic heterocycles. The standard InChI is InChI=1S/C29H34BrFN6O4SSi/c1-29(2,3)43(6,7)41-18-13-17(14-18)36-25-21(35(5)28(36)38)15-32-27-22(25)23(30)24(20-16-34(4)33-26(20)31)37(27)42(39,40)19-11-9-8-10-12-19/h8-12,15-18H,13-14H2,1-7H3. The molecule has 1 fully saturated rings. The highest BCUT2D eigenvalue weighted by atomic mass is 79.9. The summed E-state index contributed by atoms with van der Waals surface area (Å²) in [5.74, 6) is -0.832. The molecule has 4 heterocycles. The van der Waals surface area contributed by atoms with E-state index in [1.54, 1.807) is 36.9 Å². The van der Waals surface area contributed by atoms with E-state index in [4.69, 9.17) is 4.43 Å². The number of nitrogens with zero attached hydrogens (tertiary/aromatic N) is 6. The van der Waals surface area contributed by atoms with Crippen LogP contribution in [0, 0.1) is 5.95 Å².